The van der Waals surface area contributed by atoms with E-state index >= 15 is 0 Å². The monoisotopic (exact) mass is 331 g/mol. The van der Waals surface area contributed by atoms with E-state index in [1.807, 2.05) is 12.1 Å². The third-order valence-electron chi connectivity index (χ3n) is 3.26. The molecular weight excluding hydrogens is 314 g/mol. The van der Waals surface area contributed by atoms with E-state index in [2.05, 4.69) is 21.2 Å². The average Bonchev–Trinajstić information content (AvgIpc) is 2.77. The molecule has 1 aromatic rings. The van der Waals surface area contributed by atoms with E-state index in [9.17, 15) is 4.79 Å². The van der Waals surface area contributed by atoms with E-state index < -0.39 is 0 Å². The number of Topliss-reactive ketones (excluding diaryl/α,β-unsaturated/α-hetero) is 1. The number of nitrogens with one attached hydrogen (secondary N) is 1. The first-order chi connectivity index (χ1) is 8.66. The van der Waals surface area contributed by atoms with Gasteiger partial charge >= 0.3 is 0 Å². The van der Waals surface area contributed by atoms with Crippen molar-refractivity contribution in [2.75, 3.05) is 19.8 Å². The fourth-order valence-corrected chi connectivity index (χ4v) is 3.73. The van der Waals surface area contributed by atoms with Gasteiger partial charge < -0.3 is 10.1 Å². The largest absolute Gasteiger partial charge is 0.381 e. The minimum atomic E-state index is -0.0239. The Morgan fingerprint density at radius 1 is 1.56 bits per heavy atom. The lowest BCUT2D eigenvalue weighted by atomic mass is 10.0. The van der Waals surface area contributed by atoms with Gasteiger partial charge in [-0.05, 0) is 47.8 Å². The summed E-state index contributed by atoms with van der Waals surface area (Å²) in [6.07, 6.45) is 2.08. The van der Waals surface area contributed by atoms with Crippen molar-refractivity contribution >= 4 is 33.0 Å². The Hall–Kier alpha value is -0.230. The molecule has 0 spiro atoms. The Balaban J connectivity index is 1.92. The molecule has 0 saturated carbocycles. The predicted octanol–water partition coefficient (Wildman–Crippen LogP) is 2.95. The van der Waals surface area contributed by atoms with Crippen LogP contribution in [0, 0.1) is 0 Å². The van der Waals surface area contributed by atoms with Crippen molar-refractivity contribution in [1.82, 2.24) is 5.32 Å². The zero-order valence-electron chi connectivity index (χ0n) is 10.4. The molecule has 1 fully saturated rings. The summed E-state index contributed by atoms with van der Waals surface area (Å²) in [5.74, 6) is 0.202. The molecule has 0 unspecified atom stereocenters. The third-order valence-corrected chi connectivity index (χ3v) is 5.00. The van der Waals surface area contributed by atoms with E-state index in [1.54, 1.807) is 18.3 Å². The van der Waals surface area contributed by atoms with Gasteiger partial charge in [0.2, 0.25) is 0 Å². The van der Waals surface area contributed by atoms with Crippen molar-refractivity contribution in [3.63, 3.8) is 0 Å². The van der Waals surface area contributed by atoms with Crippen LogP contribution in [0.1, 0.15) is 30.6 Å². The summed E-state index contributed by atoms with van der Waals surface area (Å²) in [5.41, 5.74) is 0. The van der Waals surface area contributed by atoms with Crippen LogP contribution in [0.25, 0.3) is 0 Å². The molecule has 2 heterocycles. The number of carbonyl (C=O) groups excluding carboxylic acids is 1. The van der Waals surface area contributed by atoms with Crippen LogP contribution in [0.2, 0.25) is 0 Å². The summed E-state index contributed by atoms with van der Waals surface area (Å²) >= 11 is 5.09. The van der Waals surface area contributed by atoms with Gasteiger partial charge in [0.25, 0.3) is 0 Å². The number of ether oxygens (including phenoxy) is 1. The number of thiophene rings is 1. The first kappa shape index (κ1) is 14.2. The van der Waals surface area contributed by atoms with Crippen molar-refractivity contribution in [1.29, 1.82) is 0 Å². The Labute approximate surface area is 120 Å². The molecule has 0 aliphatic carbocycles. The van der Waals surface area contributed by atoms with Crippen molar-refractivity contribution in [3.05, 3.63) is 20.8 Å². The summed E-state index contributed by atoms with van der Waals surface area (Å²) in [6, 6.07) is 4.53. The fourth-order valence-electron chi connectivity index (χ4n) is 2.15. The number of hydrogen-bond acceptors (Lipinski definition) is 4. The van der Waals surface area contributed by atoms with Gasteiger partial charge in [0.1, 0.15) is 5.78 Å². The second kappa shape index (κ2) is 6.80. The highest BCUT2D eigenvalue weighted by Crippen LogP contribution is 2.29. The number of rotatable bonds is 5. The molecule has 0 bridgehead atoms. The van der Waals surface area contributed by atoms with Crippen LogP contribution in [0.5, 0.6) is 0 Å². The highest BCUT2D eigenvalue weighted by Gasteiger charge is 2.21. The molecule has 2 rings (SSSR count). The number of hydrogen-bond donors (Lipinski definition) is 1. The maximum absolute atomic E-state index is 11.8. The van der Waals surface area contributed by atoms with Crippen LogP contribution < -0.4 is 5.32 Å². The highest BCUT2D eigenvalue weighted by atomic mass is 79.9. The number of carbonyl (C=O) groups is 1. The van der Waals surface area contributed by atoms with Gasteiger partial charge in [-0.15, -0.1) is 11.3 Å². The Morgan fingerprint density at radius 3 is 2.83 bits per heavy atom. The molecule has 1 aromatic heterocycles. The van der Waals surface area contributed by atoms with Crippen LogP contribution in [-0.2, 0) is 9.53 Å². The smallest absolute Gasteiger partial charge is 0.139 e. The van der Waals surface area contributed by atoms with Gasteiger partial charge in [0, 0.05) is 30.7 Å². The molecule has 1 aliphatic heterocycles. The molecule has 1 atom stereocenters. The second-order valence-electron chi connectivity index (χ2n) is 4.60. The first-order valence-electron chi connectivity index (χ1n) is 6.23. The van der Waals surface area contributed by atoms with E-state index in [0.29, 0.717) is 6.04 Å². The number of halogens is 1. The molecule has 1 aliphatic rings. The summed E-state index contributed by atoms with van der Waals surface area (Å²) in [4.78, 5) is 12.9. The van der Waals surface area contributed by atoms with Crippen molar-refractivity contribution in [2.24, 2.45) is 0 Å². The molecular formula is C13H18BrNO2S. The van der Waals surface area contributed by atoms with Crippen molar-refractivity contribution < 1.29 is 9.53 Å². The molecule has 18 heavy (non-hydrogen) atoms. The zero-order valence-corrected chi connectivity index (χ0v) is 12.9. The quantitative estimate of drug-likeness (QED) is 0.901. The predicted molar refractivity (Wildman–Crippen MR) is 77.3 cm³/mol. The molecule has 1 saturated heterocycles. The molecule has 1 N–H and O–H groups in total. The Kier molecular flexibility index (Phi) is 5.36. The summed E-state index contributed by atoms with van der Waals surface area (Å²) < 4.78 is 6.41. The number of ketones is 1. The zero-order chi connectivity index (χ0) is 13.0. The van der Waals surface area contributed by atoms with Crippen molar-refractivity contribution in [3.8, 4) is 0 Å². The van der Waals surface area contributed by atoms with Gasteiger partial charge in [0.05, 0.1) is 9.70 Å². The van der Waals surface area contributed by atoms with Crippen LogP contribution in [0.3, 0.4) is 0 Å². The molecule has 3 nitrogen and oxygen atoms in total. The molecule has 0 radical (unpaired) electrons. The normalized spacial score (nSPS) is 18.8. The lowest BCUT2D eigenvalue weighted by Gasteiger charge is -2.25. The minimum Gasteiger partial charge on any atom is -0.381 e. The van der Waals surface area contributed by atoms with E-state index in [0.717, 1.165) is 41.3 Å². The minimum absolute atomic E-state index is 0.0239. The van der Waals surface area contributed by atoms with Gasteiger partial charge in [-0.3, -0.25) is 4.79 Å². The van der Waals surface area contributed by atoms with Crippen LogP contribution >= 0.6 is 27.3 Å². The Bertz CT molecular complexity index is 401. The molecule has 5 heteroatoms. The van der Waals surface area contributed by atoms with Gasteiger partial charge in [-0.1, -0.05) is 0 Å². The van der Waals surface area contributed by atoms with Crippen LogP contribution in [0.15, 0.2) is 15.9 Å². The maximum Gasteiger partial charge on any atom is 0.139 e. The van der Waals surface area contributed by atoms with E-state index in [1.165, 1.54) is 0 Å². The second-order valence-corrected chi connectivity index (χ2v) is 7.09. The Morgan fingerprint density at radius 2 is 2.28 bits per heavy atom. The SMILES string of the molecule is CC(=O)[C@H](CNC1CCOCC1)c1ccc(Br)s1. The summed E-state index contributed by atoms with van der Waals surface area (Å²) in [6.45, 7) is 4.05. The van der Waals surface area contributed by atoms with E-state index in [4.69, 9.17) is 4.74 Å². The summed E-state index contributed by atoms with van der Waals surface area (Å²) in [5, 5.41) is 3.50. The summed E-state index contributed by atoms with van der Waals surface area (Å²) in [7, 11) is 0. The topological polar surface area (TPSA) is 38.3 Å². The highest BCUT2D eigenvalue weighted by molar-refractivity contribution is 9.11. The molecule has 100 valence electrons. The molecule has 0 amide bonds. The lowest BCUT2D eigenvalue weighted by Crippen LogP contribution is -2.38. The lowest BCUT2D eigenvalue weighted by molar-refractivity contribution is -0.118. The van der Waals surface area contributed by atoms with Crippen molar-refractivity contribution in [2.45, 2.75) is 31.7 Å². The van der Waals surface area contributed by atoms with Gasteiger partial charge in [-0.25, -0.2) is 0 Å². The maximum atomic E-state index is 11.8. The van der Waals surface area contributed by atoms with Crippen LogP contribution in [0.4, 0.5) is 0 Å². The third kappa shape index (κ3) is 3.88. The fraction of sp³-hybridized carbons (Fsp3) is 0.615. The van der Waals surface area contributed by atoms with Gasteiger partial charge in [0.15, 0.2) is 0 Å². The molecule has 0 aromatic carbocycles. The van der Waals surface area contributed by atoms with Crippen LogP contribution in [-0.4, -0.2) is 31.6 Å². The standard InChI is InChI=1S/C13H18BrNO2S/c1-9(16)11(12-2-3-13(14)18-12)8-15-10-4-6-17-7-5-10/h2-3,10-11,15H,4-8H2,1H3/t11-/m0/s1. The van der Waals surface area contributed by atoms with Gasteiger partial charge in [-0.2, -0.15) is 0 Å². The average molecular weight is 332 g/mol. The van der Waals surface area contributed by atoms with E-state index in [-0.39, 0.29) is 11.7 Å². The first-order valence-corrected chi connectivity index (χ1v) is 7.84.